The summed E-state index contributed by atoms with van der Waals surface area (Å²) in [5.41, 5.74) is 4.86. The highest BCUT2D eigenvalue weighted by Crippen LogP contribution is 2.23. The Morgan fingerprint density at radius 3 is 2.54 bits per heavy atom. The maximum absolute atomic E-state index is 12.2. The zero-order valence-corrected chi connectivity index (χ0v) is 14.0. The number of amides is 1. The third-order valence-corrected chi connectivity index (χ3v) is 3.79. The quantitative estimate of drug-likeness (QED) is 0.798. The number of para-hydroxylation sites is 1. The number of fused-ring (bicyclic) bond motifs is 1. The second kappa shape index (κ2) is 6.66. The van der Waals surface area contributed by atoms with Gasteiger partial charge in [-0.15, -0.1) is 0 Å². The molecule has 0 aliphatic heterocycles. The average Bonchev–Trinajstić information content (AvgIpc) is 2.56. The van der Waals surface area contributed by atoms with Crippen LogP contribution in [-0.4, -0.2) is 22.5 Å². The molecule has 0 aliphatic rings. The van der Waals surface area contributed by atoms with Crippen molar-refractivity contribution in [2.24, 2.45) is 0 Å². The zero-order chi connectivity index (χ0) is 17.1. The van der Waals surface area contributed by atoms with E-state index in [-0.39, 0.29) is 12.5 Å². The molecule has 1 amide bonds. The van der Waals surface area contributed by atoms with Crippen molar-refractivity contribution < 1.29 is 9.53 Å². The van der Waals surface area contributed by atoms with Crippen LogP contribution >= 0.6 is 0 Å². The summed E-state index contributed by atoms with van der Waals surface area (Å²) in [4.78, 5) is 20.5. The summed E-state index contributed by atoms with van der Waals surface area (Å²) >= 11 is 0. The molecule has 3 rings (SSSR count). The highest BCUT2D eigenvalue weighted by Gasteiger charge is 2.11. The molecule has 5 heteroatoms. The van der Waals surface area contributed by atoms with E-state index in [1.807, 2.05) is 57.2 Å². The van der Waals surface area contributed by atoms with Crippen LogP contribution in [0.2, 0.25) is 0 Å². The van der Waals surface area contributed by atoms with Gasteiger partial charge in [0, 0.05) is 5.69 Å². The van der Waals surface area contributed by atoms with Crippen molar-refractivity contribution in [1.82, 2.24) is 9.97 Å². The monoisotopic (exact) mass is 321 g/mol. The summed E-state index contributed by atoms with van der Waals surface area (Å²) in [6, 6.07) is 11.6. The molecule has 0 saturated heterocycles. The van der Waals surface area contributed by atoms with E-state index in [0.717, 1.165) is 27.7 Å². The van der Waals surface area contributed by atoms with Gasteiger partial charge in [-0.25, -0.2) is 9.97 Å². The Hall–Kier alpha value is -2.95. The van der Waals surface area contributed by atoms with E-state index in [2.05, 4.69) is 15.3 Å². The zero-order valence-electron chi connectivity index (χ0n) is 14.0. The number of aromatic nitrogens is 2. The first kappa shape index (κ1) is 15.9. The third kappa shape index (κ3) is 3.35. The van der Waals surface area contributed by atoms with Gasteiger partial charge in [0.1, 0.15) is 6.33 Å². The Kier molecular flexibility index (Phi) is 4.42. The average molecular weight is 321 g/mol. The number of nitrogens with zero attached hydrogens (tertiary/aromatic N) is 2. The van der Waals surface area contributed by atoms with Crippen LogP contribution in [0.4, 0.5) is 5.69 Å². The number of hydrogen-bond acceptors (Lipinski definition) is 4. The van der Waals surface area contributed by atoms with Crippen LogP contribution in [0, 0.1) is 20.8 Å². The number of carbonyl (C=O) groups excluding carboxylic acids is 1. The van der Waals surface area contributed by atoms with Crippen LogP contribution in [0.5, 0.6) is 5.88 Å². The minimum absolute atomic E-state index is 0.103. The molecule has 1 aromatic heterocycles. The number of rotatable bonds is 4. The summed E-state index contributed by atoms with van der Waals surface area (Å²) in [6.07, 6.45) is 1.43. The molecule has 0 atom stereocenters. The fourth-order valence-electron chi connectivity index (χ4n) is 2.78. The van der Waals surface area contributed by atoms with Gasteiger partial charge >= 0.3 is 0 Å². The van der Waals surface area contributed by atoms with E-state index in [4.69, 9.17) is 4.74 Å². The van der Waals surface area contributed by atoms with Gasteiger partial charge in [0.25, 0.3) is 5.91 Å². The summed E-state index contributed by atoms with van der Waals surface area (Å²) in [6.45, 7) is 5.89. The molecular formula is C19H19N3O2. The van der Waals surface area contributed by atoms with Gasteiger partial charge in [0.05, 0.1) is 10.9 Å². The summed E-state index contributed by atoms with van der Waals surface area (Å²) in [7, 11) is 0. The molecule has 0 unspecified atom stereocenters. The van der Waals surface area contributed by atoms with Crippen LogP contribution in [-0.2, 0) is 4.79 Å². The van der Waals surface area contributed by atoms with Crippen molar-refractivity contribution in [2.75, 3.05) is 11.9 Å². The number of ether oxygens (including phenoxy) is 1. The van der Waals surface area contributed by atoms with Gasteiger partial charge in [0.2, 0.25) is 5.88 Å². The number of anilines is 1. The summed E-state index contributed by atoms with van der Waals surface area (Å²) in [5.74, 6) is 0.195. The van der Waals surface area contributed by atoms with Gasteiger partial charge in [-0.05, 0) is 44.0 Å². The van der Waals surface area contributed by atoms with E-state index in [1.54, 1.807) is 0 Å². The first-order chi connectivity index (χ1) is 11.5. The lowest BCUT2D eigenvalue weighted by Gasteiger charge is -2.13. The maximum atomic E-state index is 12.2. The van der Waals surface area contributed by atoms with Crippen molar-refractivity contribution in [3.63, 3.8) is 0 Å². The number of carbonyl (C=O) groups is 1. The Labute approximate surface area is 140 Å². The Bertz CT molecular complexity index is 878. The number of aryl methyl sites for hydroxylation is 3. The molecule has 0 spiro atoms. The molecule has 5 nitrogen and oxygen atoms in total. The van der Waals surface area contributed by atoms with E-state index in [9.17, 15) is 4.79 Å². The molecular weight excluding hydrogens is 302 g/mol. The van der Waals surface area contributed by atoms with E-state index in [0.29, 0.717) is 5.88 Å². The topological polar surface area (TPSA) is 64.1 Å². The first-order valence-corrected chi connectivity index (χ1v) is 7.75. The second-order valence-electron chi connectivity index (χ2n) is 5.81. The maximum Gasteiger partial charge on any atom is 0.262 e. The molecule has 3 aromatic rings. The van der Waals surface area contributed by atoms with Crippen LogP contribution in [0.15, 0.2) is 42.7 Å². The van der Waals surface area contributed by atoms with Gasteiger partial charge in [0.15, 0.2) is 6.61 Å². The van der Waals surface area contributed by atoms with Crippen molar-refractivity contribution >= 4 is 22.5 Å². The molecule has 2 aromatic carbocycles. The highest BCUT2D eigenvalue weighted by molar-refractivity contribution is 5.93. The van der Waals surface area contributed by atoms with Crippen LogP contribution in [0.25, 0.3) is 10.9 Å². The van der Waals surface area contributed by atoms with E-state index in [1.165, 1.54) is 11.9 Å². The molecule has 1 heterocycles. The molecule has 122 valence electrons. The predicted octanol–water partition coefficient (Wildman–Crippen LogP) is 3.57. The smallest absolute Gasteiger partial charge is 0.262 e. The van der Waals surface area contributed by atoms with Crippen molar-refractivity contribution in [1.29, 1.82) is 0 Å². The Morgan fingerprint density at radius 1 is 1.08 bits per heavy atom. The van der Waals surface area contributed by atoms with Crippen LogP contribution in [0.1, 0.15) is 16.7 Å². The molecule has 24 heavy (non-hydrogen) atoms. The van der Waals surface area contributed by atoms with Gasteiger partial charge in [-0.3, -0.25) is 4.79 Å². The lowest BCUT2D eigenvalue weighted by molar-refractivity contribution is -0.118. The van der Waals surface area contributed by atoms with Crippen molar-refractivity contribution in [3.8, 4) is 5.88 Å². The van der Waals surface area contributed by atoms with Crippen LogP contribution in [0.3, 0.4) is 0 Å². The molecule has 0 aliphatic carbocycles. The largest absolute Gasteiger partial charge is 0.467 e. The minimum Gasteiger partial charge on any atom is -0.467 e. The van der Waals surface area contributed by atoms with E-state index >= 15 is 0 Å². The van der Waals surface area contributed by atoms with Crippen LogP contribution < -0.4 is 10.1 Å². The van der Waals surface area contributed by atoms with E-state index < -0.39 is 0 Å². The number of benzene rings is 2. The molecule has 0 saturated carbocycles. The number of hydrogen-bond donors (Lipinski definition) is 1. The fraction of sp³-hybridized carbons (Fsp3) is 0.211. The van der Waals surface area contributed by atoms with Gasteiger partial charge in [-0.1, -0.05) is 29.8 Å². The highest BCUT2D eigenvalue weighted by atomic mass is 16.5. The third-order valence-electron chi connectivity index (χ3n) is 3.79. The van der Waals surface area contributed by atoms with Crippen molar-refractivity contribution in [3.05, 3.63) is 59.4 Å². The molecule has 0 bridgehead atoms. The van der Waals surface area contributed by atoms with Gasteiger partial charge < -0.3 is 10.1 Å². The normalized spacial score (nSPS) is 10.6. The molecule has 0 fully saturated rings. The second-order valence-corrected chi connectivity index (χ2v) is 5.81. The predicted molar refractivity (Wildman–Crippen MR) is 94.3 cm³/mol. The summed E-state index contributed by atoms with van der Waals surface area (Å²) in [5, 5.41) is 3.70. The number of nitrogens with one attached hydrogen (secondary N) is 1. The molecule has 0 radical (unpaired) electrons. The lowest BCUT2D eigenvalue weighted by Crippen LogP contribution is -2.21. The Morgan fingerprint density at radius 2 is 1.79 bits per heavy atom. The lowest BCUT2D eigenvalue weighted by atomic mass is 10.1. The van der Waals surface area contributed by atoms with Crippen molar-refractivity contribution in [2.45, 2.75) is 20.8 Å². The summed E-state index contributed by atoms with van der Waals surface area (Å²) < 4.78 is 5.59. The first-order valence-electron chi connectivity index (χ1n) is 7.75. The molecule has 1 N–H and O–H groups in total. The fourth-order valence-corrected chi connectivity index (χ4v) is 2.78. The standard InChI is InChI=1S/C19H19N3O2/c1-12-8-13(2)18(14(3)9-12)22-17(23)10-24-19-15-6-4-5-7-16(15)20-11-21-19/h4-9,11H,10H2,1-3H3,(H,22,23). The van der Waals surface area contributed by atoms with Gasteiger partial charge in [-0.2, -0.15) is 0 Å². The minimum atomic E-state index is -0.215. The SMILES string of the molecule is Cc1cc(C)c(NC(=O)COc2ncnc3ccccc23)c(C)c1. The Balaban J connectivity index is 1.72.